The number of aromatic nitrogens is 1. The quantitative estimate of drug-likeness (QED) is 0.840. The van der Waals surface area contributed by atoms with Crippen molar-refractivity contribution >= 4 is 29.1 Å². The summed E-state index contributed by atoms with van der Waals surface area (Å²) < 4.78 is 0. The second kappa shape index (κ2) is 5.21. The number of amides is 1. The predicted octanol–water partition coefficient (Wildman–Crippen LogP) is 1.99. The number of hydrogen-bond donors (Lipinski definition) is 1. The van der Waals surface area contributed by atoms with E-state index in [1.54, 1.807) is 4.90 Å². The van der Waals surface area contributed by atoms with Crippen LogP contribution >= 0.6 is 23.2 Å². The number of halogens is 2. The molecule has 2 rings (SSSR count). The van der Waals surface area contributed by atoms with E-state index in [0.29, 0.717) is 12.1 Å². The monoisotopic (exact) mass is 274 g/mol. The molecule has 1 atom stereocenters. The zero-order valence-electron chi connectivity index (χ0n) is 9.07. The number of likely N-dealkylation sites (tertiary alicyclic amines) is 1. The van der Waals surface area contributed by atoms with E-state index in [1.165, 1.54) is 12.1 Å². The van der Waals surface area contributed by atoms with E-state index >= 15 is 0 Å². The number of pyridine rings is 1. The van der Waals surface area contributed by atoms with Crippen molar-refractivity contribution < 1.29 is 9.90 Å². The fraction of sp³-hybridized carbons (Fsp3) is 0.455. The normalized spacial score (nSPS) is 19.7. The lowest BCUT2D eigenvalue weighted by Gasteiger charge is -2.23. The molecule has 17 heavy (non-hydrogen) atoms. The summed E-state index contributed by atoms with van der Waals surface area (Å²) in [6, 6.07) is 2.87. The molecule has 0 saturated carbocycles. The van der Waals surface area contributed by atoms with Gasteiger partial charge in [-0.05, 0) is 25.0 Å². The average Bonchev–Trinajstić information content (AvgIpc) is 2.74. The van der Waals surface area contributed by atoms with Crippen LogP contribution in [0.15, 0.2) is 12.1 Å². The Morgan fingerprint density at radius 3 is 2.71 bits per heavy atom. The standard InChI is InChI=1S/C11H12Cl2N2O2/c12-9-4-7(5-10(13)14-9)11(17)15-3-1-2-8(15)6-16/h4-5,8,16H,1-3,6H2. The third kappa shape index (κ3) is 2.70. The Morgan fingerprint density at radius 2 is 2.12 bits per heavy atom. The van der Waals surface area contributed by atoms with E-state index in [-0.39, 0.29) is 28.9 Å². The van der Waals surface area contributed by atoms with Crippen LogP contribution in [-0.2, 0) is 0 Å². The fourth-order valence-corrected chi connectivity index (χ4v) is 2.51. The summed E-state index contributed by atoms with van der Waals surface area (Å²) in [4.78, 5) is 17.6. The van der Waals surface area contributed by atoms with Crippen molar-refractivity contribution in [3.8, 4) is 0 Å². The largest absolute Gasteiger partial charge is 0.394 e. The van der Waals surface area contributed by atoms with Crippen molar-refractivity contribution in [2.45, 2.75) is 18.9 Å². The van der Waals surface area contributed by atoms with E-state index in [4.69, 9.17) is 23.2 Å². The highest BCUT2D eigenvalue weighted by Gasteiger charge is 2.29. The number of aliphatic hydroxyl groups excluding tert-OH is 1. The van der Waals surface area contributed by atoms with Crippen LogP contribution in [0, 0.1) is 0 Å². The molecule has 0 spiro atoms. The van der Waals surface area contributed by atoms with Gasteiger partial charge in [-0.2, -0.15) is 0 Å². The molecule has 1 unspecified atom stereocenters. The lowest BCUT2D eigenvalue weighted by Crippen LogP contribution is -2.37. The minimum Gasteiger partial charge on any atom is -0.394 e. The van der Waals surface area contributed by atoms with Crippen LogP contribution in [0.1, 0.15) is 23.2 Å². The van der Waals surface area contributed by atoms with Gasteiger partial charge in [0.1, 0.15) is 10.3 Å². The number of nitrogens with zero attached hydrogens (tertiary/aromatic N) is 2. The summed E-state index contributed by atoms with van der Waals surface area (Å²) in [6.07, 6.45) is 1.73. The molecule has 1 aliphatic heterocycles. The molecule has 92 valence electrons. The Kier molecular flexibility index (Phi) is 3.86. The first-order valence-corrected chi connectivity index (χ1v) is 6.12. The minimum atomic E-state index is -0.159. The van der Waals surface area contributed by atoms with Crippen molar-refractivity contribution in [1.29, 1.82) is 0 Å². The molecule has 1 N–H and O–H groups in total. The topological polar surface area (TPSA) is 53.4 Å². The first-order valence-electron chi connectivity index (χ1n) is 5.36. The molecule has 2 heterocycles. The van der Waals surface area contributed by atoms with Crippen molar-refractivity contribution in [2.75, 3.05) is 13.2 Å². The van der Waals surface area contributed by atoms with E-state index < -0.39 is 0 Å². The molecule has 1 amide bonds. The Labute approximate surface area is 109 Å². The maximum absolute atomic E-state index is 12.2. The molecule has 1 aromatic rings. The summed E-state index contributed by atoms with van der Waals surface area (Å²) in [6.45, 7) is 0.639. The van der Waals surface area contributed by atoms with Gasteiger partial charge in [0.05, 0.1) is 12.6 Å². The van der Waals surface area contributed by atoms with Gasteiger partial charge < -0.3 is 10.0 Å². The Bertz CT molecular complexity index is 419. The van der Waals surface area contributed by atoms with Gasteiger partial charge in [0.2, 0.25) is 0 Å². The molecule has 1 saturated heterocycles. The van der Waals surface area contributed by atoms with Gasteiger partial charge in [-0.25, -0.2) is 4.98 Å². The lowest BCUT2D eigenvalue weighted by atomic mass is 10.2. The van der Waals surface area contributed by atoms with Crippen LogP contribution in [0.25, 0.3) is 0 Å². The molecule has 0 radical (unpaired) electrons. The smallest absolute Gasteiger partial charge is 0.254 e. The van der Waals surface area contributed by atoms with E-state index in [2.05, 4.69) is 4.98 Å². The number of aliphatic hydroxyl groups is 1. The lowest BCUT2D eigenvalue weighted by molar-refractivity contribution is 0.0677. The summed E-state index contributed by atoms with van der Waals surface area (Å²) in [5, 5.41) is 9.57. The van der Waals surface area contributed by atoms with Crippen LogP contribution < -0.4 is 0 Å². The Hall–Kier alpha value is -0.840. The van der Waals surface area contributed by atoms with E-state index in [0.717, 1.165) is 12.8 Å². The van der Waals surface area contributed by atoms with Gasteiger partial charge in [0, 0.05) is 12.1 Å². The van der Waals surface area contributed by atoms with Gasteiger partial charge in [-0.3, -0.25) is 4.79 Å². The molecular formula is C11H12Cl2N2O2. The molecule has 1 aliphatic rings. The van der Waals surface area contributed by atoms with Crippen LogP contribution in [0.5, 0.6) is 0 Å². The van der Waals surface area contributed by atoms with Crippen LogP contribution in [0.2, 0.25) is 10.3 Å². The molecular weight excluding hydrogens is 263 g/mol. The average molecular weight is 275 g/mol. The van der Waals surface area contributed by atoms with Crippen molar-refractivity contribution in [1.82, 2.24) is 9.88 Å². The number of hydrogen-bond acceptors (Lipinski definition) is 3. The summed E-state index contributed by atoms with van der Waals surface area (Å²) in [5.74, 6) is -0.159. The Morgan fingerprint density at radius 1 is 1.47 bits per heavy atom. The fourth-order valence-electron chi connectivity index (χ4n) is 2.05. The molecule has 1 aromatic heterocycles. The van der Waals surface area contributed by atoms with Crippen molar-refractivity contribution in [3.63, 3.8) is 0 Å². The Balaban J connectivity index is 2.24. The molecule has 0 bridgehead atoms. The first-order chi connectivity index (χ1) is 8.11. The highest BCUT2D eigenvalue weighted by atomic mass is 35.5. The van der Waals surface area contributed by atoms with Gasteiger partial charge in [-0.1, -0.05) is 23.2 Å². The SMILES string of the molecule is O=C(c1cc(Cl)nc(Cl)c1)N1CCCC1CO. The summed E-state index contributed by atoms with van der Waals surface area (Å²) >= 11 is 11.5. The van der Waals surface area contributed by atoms with E-state index in [9.17, 15) is 9.90 Å². The van der Waals surface area contributed by atoms with E-state index in [1.807, 2.05) is 0 Å². The molecule has 6 heteroatoms. The highest BCUT2D eigenvalue weighted by molar-refractivity contribution is 6.33. The second-order valence-electron chi connectivity index (χ2n) is 3.98. The molecule has 1 fully saturated rings. The van der Waals surface area contributed by atoms with Gasteiger partial charge >= 0.3 is 0 Å². The van der Waals surface area contributed by atoms with Crippen molar-refractivity contribution in [3.05, 3.63) is 28.0 Å². The summed E-state index contributed by atoms with van der Waals surface area (Å²) in [5.41, 5.74) is 0.412. The maximum Gasteiger partial charge on any atom is 0.254 e. The van der Waals surface area contributed by atoms with Gasteiger partial charge in [0.25, 0.3) is 5.91 Å². The molecule has 0 aliphatic carbocycles. The number of carbonyl (C=O) groups excluding carboxylic acids is 1. The maximum atomic E-state index is 12.2. The van der Waals surface area contributed by atoms with Gasteiger partial charge in [0.15, 0.2) is 0 Å². The molecule has 0 aromatic carbocycles. The highest BCUT2D eigenvalue weighted by Crippen LogP contribution is 2.22. The van der Waals surface area contributed by atoms with Gasteiger partial charge in [-0.15, -0.1) is 0 Å². The number of carbonyl (C=O) groups is 1. The van der Waals surface area contributed by atoms with Crippen LogP contribution in [0.4, 0.5) is 0 Å². The van der Waals surface area contributed by atoms with Crippen LogP contribution in [0.3, 0.4) is 0 Å². The minimum absolute atomic E-state index is 0.0156. The molecule has 4 nitrogen and oxygen atoms in total. The van der Waals surface area contributed by atoms with Crippen LogP contribution in [-0.4, -0.2) is 40.1 Å². The first kappa shape index (κ1) is 12.6. The number of rotatable bonds is 2. The zero-order valence-corrected chi connectivity index (χ0v) is 10.6. The second-order valence-corrected chi connectivity index (χ2v) is 4.75. The zero-order chi connectivity index (χ0) is 12.4. The third-order valence-electron chi connectivity index (χ3n) is 2.86. The van der Waals surface area contributed by atoms with Crippen molar-refractivity contribution in [2.24, 2.45) is 0 Å². The third-order valence-corrected chi connectivity index (χ3v) is 3.25. The predicted molar refractivity (Wildman–Crippen MR) is 65.4 cm³/mol. The summed E-state index contributed by atoms with van der Waals surface area (Å²) in [7, 11) is 0.